The van der Waals surface area contributed by atoms with E-state index in [4.69, 9.17) is 0 Å². The lowest BCUT2D eigenvalue weighted by Crippen LogP contribution is -2.49. The third-order valence-electron chi connectivity index (χ3n) is 1.85. The predicted molar refractivity (Wildman–Crippen MR) is 55.7 cm³/mol. The molecule has 0 aliphatic carbocycles. The lowest BCUT2D eigenvalue weighted by molar-refractivity contribution is 0.225. The Morgan fingerprint density at radius 2 is 1.62 bits per heavy atom. The van der Waals surface area contributed by atoms with E-state index in [9.17, 15) is 4.79 Å². The van der Waals surface area contributed by atoms with Crippen LogP contribution in [-0.2, 0) is 0 Å². The van der Waals surface area contributed by atoms with Crippen molar-refractivity contribution in [3.63, 3.8) is 0 Å². The van der Waals surface area contributed by atoms with E-state index < -0.39 is 0 Å². The SMILES string of the molecule is CC(C)[C@@H](C)NC(=O)NC(C)(C)C. The Kier molecular flexibility index (Phi) is 4.24. The molecule has 0 saturated heterocycles. The summed E-state index contributed by atoms with van der Waals surface area (Å²) in [6, 6.07) is 0.121. The number of rotatable bonds is 2. The van der Waals surface area contributed by atoms with Crippen LogP contribution in [0.25, 0.3) is 0 Å². The second-order valence-electron chi connectivity index (χ2n) is 4.88. The van der Waals surface area contributed by atoms with Gasteiger partial charge < -0.3 is 10.6 Å². The number of nitrogens with one attached hydrogen (secondary N) is 2. The van der Waals surface area contributed by atoms with E-state index in [1.807, 2.05) is 27.7 Å². The molecule has 0 spiro atoms. The maximum Gasteiger partial charge on any atom is 0.315 e. The molecule has 3 nitrogen and oxygen atoms in total. The molecule has 0 aromatic rings. The molecule has 0 aliphatic heterocycles. The first-order valence-corrected chi connectivity index (χ1v) is 4.81. The van der Waals surface area contributed by atoms with Crippen molar-refractivity contribution in [1.29, 1.82) is 0 Å². The van der Waals surface area contributed by atoms with Gasteiger partial charge in [-0.15, -0.1) is 0 Å². The van der Waals surface area contributed by atoms with Gasteiger partial charge in [0.2, 0.25) is 0 Å². The molecule has 0 bridgehead atoms. The summed E-state index contributed by atoms with van der Waals surface area (Å²) in [5.41, 5.74) is -0.166. The summed E-state index contributed by atoms with van der Waals surface area (Å²) in [6.45, 7) is 12.1. The van der Waals surface area contributed by atoms with Gasteiger partial charge in [0.05, 0.1) is 0 Å². The Morgan fingerprint density at radius 1 is 1.15 bits per heavy atom. The van der Waals surface area contributed by atoms with Gasteiger partial charge in [-0.3, -0.25) is 0 Å². The fourth-order valence-corrected chi connectivity index (χ4v) is 0.750. The van der Waals surface area contributed by atoms with Crippen molar-refractivity contribution in [3.8, 4) is 0 Å². The van der Waals surface area contributed by atoms with E-state index in [0.717, 1.165) is 0 Å². The van der Waals surface area contributed by atoms with Crippen molar-refractivity contribution in [3.05, 3.63) is 0 Å². The zero-order valence-corrected chi connectivity index (χ0v) is 9.56. The number of amides is 2. The van der Waals surface area contributed by atoms with Crippen LogP contribution in [0.1, 0.15) is 41.5 Å². The third kappa shape index (κ3) is 6.43. The highest BCUT2D eigenvalue weighted by molar-refractivity contribution is 5.74. The molecular formula is C10H22N2O. The lowest BCUT2D eigenvalue weighted by atomic mass is 10.1. The van der Waals surface area contributed by atoms with Crippen LogP contribution in [0.4, 0.5) is 4.79 Å². The molecule has 3 heteroatoms. The zero-order chi connectivity index (χ0) is 10.6. The molecule has 0 rings (SSSR count). The average Bonchev–Trinajstić information content (AvgIpc) is 1.81. The molecule has 0 aromatic carbocycles. The van der Waals surface area contributed by atoms with Crippen LogP contribution in [0.15, 0.2) is 0 Å². The highest BCUT2D eigenvalue weighted by Gasteiger charge is 2.16. The minimum atomic E-state index is -0.166. The van der Waals surface area contributed by atoms with E-state index in [2.05, 4.69) is 24.5 Å². The Morgan fingerprint density at radius 3 is 1.92 bits per heavy atom. The normalized spacial score (nSPS) is 14.1. The average molecular weight is 186 g/mol. The number of urea groups is 1. The Labute approximate surface area is 81.3 Å². The van der Waals surface area contributed by atoms with Crippen LogP contribution in [0, 0.1) is 5.92 Å². The summed E-state index contributed by atoms with van der Waals surface area (Å²) in [6.07, 6.45) is 0. The molecule has 13 heavy (non-hydrogen) atoms. The van der Waals surface area contributed by atoms with Crippen LogP contribution < -0.4 is 10.6 Å². The first-order valence-electron chi connectivity index (χ1n) is 4.81. The minimum Gasteiger partial charge on any atom is -0.335 e. The monoisotopic (exact) mass is 186 g/mol. The molecule has 1 atom stereocenters. The van der Waals surface area contributed by atoms with Gasteiger partial charge in [0.15, 0.2) is 0 Å². The first kappa shape index (κ1) is 12.3. The lowest BCUT2D eigenvalue weighted by Gasteiger charge is -2.24. The zero-order valence-electron chi connectivity index (χ0n) is 9.56. The molecule has 0 saturated carbocycles. The Balaban J connectivity index is 3.89. The summed E-state index contributed by atoms with van der Waals surface area (Å²) in [5.74, 6) is 0.464. The fraction of sp³-hybridized carbons (Fsp3) is 0.900. The van der Waals surface area contributed by atoms with Crippen molar-refractivity contribution in [2.45, 2.75) is 53.1 Å². The number of carbonyl (C=O) groups is 1. The predicted octanol–water partition coefficient (Wildman–Crippen LogP) is 2.13. The maximum absolute atomic E-state index is 11.4. The highest BCUT2D eigenvalue weighted by atomic mass is 16.2. The van der Waals surface area contributed by atoms with Gasteiger partial charge in [0.1, 0.15) is 0 Å². The molecule has 0 fully saturated rings. The minimum absolute atomic E-state index is 0.0892. The topological polar surface area (TPSA) is 41.1 Å². The fourth-order valence-electron chi connectivity index (χ4n) is 0.750. The van der Waals surface area contributed by atoms with Crippen molar-refractivity contribution in [2.75, 3.05) is 0 Å². The number of hydrogen-bond donors (Lipinski definition) is 2. The van der Waals surface area contributed by atoms with Gasteiger partial charge in [-0.25, -0.2) is 4.79 Å². The number of hydrogen-bond acceptors (Lipinski definition) is 1. The van der Waals surface area contributed by atoms with Gasteiger partial charge in [-0.05, 0) is 33.6 Å². The van der Waals surface area contributed by atoms with E-state index in [1.165, 1.54) is 0 Å². The van der Waals surface area contributed by atoms with Crippen molar-refractivity contribution < 1.29 is 4.79 Å². The summed E-state index contributed by atoms with van der Waals surface area (Å²) in [5, 5.41) is 5.74. The standard InChI is InChI=1S/C10H22N2O/c1-7(2)8(3)11-9(13)12-10(4,5)6/h7-8H,1-6H3,(H2,11,12,13)/t8-/m1/s1. The summed E-state index contributed by atoms with van der Waals surface area (Å²) in [4.78, 5) is 11.4. The third-order valence-corrected chi connectivity index (χ3v) is 1.85. The van der Waals surface area contributed by atoms with Gasteiger partial charge in [-0.1, -0.05) is 13.8 Å². The maximum atomic E-state index is 11.4. The molecular weight excluding hydrogens is 164 g/mol. The van der Waals surface area contributed by atoms with E-state index in [0.29, 0.717) is 5.92 Å². The second-order valence-corrected chi connectivity index (χ2v) is 4.88. The van der Waals surface area contributed by atoms with E-state index in [1.54, 1.807) is 0 Å². The largest absolute Gasteiger partial charge is 0.335 e. The highest BCUT2D eigenvalue weighted by Crippen LogP contribution is 2.01. The molecule has 0 aliphatic rings. The smallest absolute Gasteiger partial charge is 0.315 e. The summed E-state index contributed by atoms with van der Waals surface area (Å²) >= 11 is 0. The van der Waals surface area contributed by atoms with E-state index in [-0.39, 0.29) is 17.6 Å². The Hall–Kier alpha value is -0.730. The van der Waals surface area contributed by atoms with Crippen molar-refractivity contribution >= 4 is 6.03 Å². The van der Waals surface area contributed by atoms with Gasteiger partial charge in [-0.2, -0.15) is 0 Å². The molecule has 2 amide bonds. The van der Waals surface area contributed by atoms with Crippen molar-refractivity contribution in [1.82, 2.24) is 10.6 Å². The molecule has 0 unspecified atom stereocenters. The van der Waals surface area contributed by atoms with Crippen molar-refractivity contribution in [2.24, 2.45) is 5.92 Å². The summed E-state index contributed by atoms with van der Waals surface area (Å²) < 4.78 is 0. The number of carbonyl (C=O) groups excluding carboxylic acids is 1. The molecule has 78 valence electrons. The van der Waals surface area contributed by atoms with Crippen LogP contribution in [0.5, 0.6) is 0 Å². The van der Waals surface area contributed by atoms with Gasteiger partial charge >= 0.3 is 6.03 Å². The van der Waals surface area contributed by atoms with Gasteiger partial charge in [0.25, 0.3) is 0 Å². The van der Waals surface area contributed by atoms with Crippen LogP contribution in [0.3, 0.4) is 0 Å². The molecule has 0 heterocycles. The van der Waals surface area contributed by atoms with Gasteiger partial charge in [0, 0.05) is 11.6 Å². The molecule has 2 N–H and O–H groups in total. The second kappa shape index (κ2) is 4.49. The van der Waals surface area contributed by atoms with Crippen LogP contribution >= 0.6 is 0 Å². The quantitative estimate of drug-likeness (QED) is 0.681. The van der Waals surface area contributed by atoms with Crippen LogP contribution in [-0.4, -0.2) is 17.6 Å². The van der Waals surface area contributed by atoms with Crippen LogP contribution in [0.2, 0.25) is 0 Å². The Bertz CT molecular complexity index is 170. The molecule has 0 aromatic heterocycles. The van der Waals surface area contributed by atoms with E-state index >= 15 is 0 Å². The molecule has 0 radical (unpaired) electrons. The first-order chi connectivity index (χ1) is 5.72. The summed E-state index contributed by atoms with van der Waals surface area (Å²) in [7, 11) is 0.